The van der Waals surface area contributed by atoms with Crippen molar-refractivity contribution in [3.8, 4) is 0 Å². The van der Waals surface area contributed by atoms with Crippen LogP contribution in [0.5, 0.6) is 0 Å². The highest BCUT2D eigenvalue weighted by atomic mass is 32.2. The third-order valence-electron chi connectivity index (χ3n) is 1.46. The van der Waals surface area contributed by atoms with E-state index in [0.29, 0.717) is 5.37 Å². The zero-order valence-corrected chi connectivity index (χ0v) is 6.64. The van der Waals surface area contributed by atoms with Gasteiger partial charge in [0, 0.05) is 18.0 Å². The summed E-state index contributed by atoms with van der Waals surface area (Å²) < 4.78 is 0. The molecule has 1 N–H and O–H groups in total. The molecule has 2 nitrogen and oxygen atoms in total. The van der Waals surface area contributed by atoms with Gasteiger partial charge in [-0.2, -0.15) is 0 Å². The first-order chi connectivity index (χ1) is 5.47. The fraction of sp³-hybridized carbons (Fsp3) is 0.125. The quantitative estimate of drug-likeness (QED) is 0.682. The molecule has 2 rings (SSSR count). The summed E-state index contributed by atoms with van der Waals surface area (Å²) in [6.07, 6.45) is 6.58. The van der Waals surface area contributed by atoms with Gasteiger partial charge in [0.2, 0.25) is 0 Å². The van der Waals surface area contributed by atoms with Crippen LogP contribution in [0.2, 0.25) is 0 Å². The molecule has 55 valence electrons. The van der Waals surface area contributed by atoms with E-state index < -0.39 is 0 Å². The van der Waals surface area contributed by atoms with Gasteiger partial charge in [0.05, 0.1) is 6.20 Å². The number of thioether (sulfide) groups is 1. The van der Waals surface area contributed by atoms with Crippen LogP contribution < -0.4 is 5.32 Å². The predicted molar refractivity (Wildman–Crippen MR) is 45.5 cm³/mol. The second-order valence-electron chi connectivity index (χ2n) is 2.21. The van der Waals surface area contributed by atoms with Crippen LogP contribution in [0.4, 0.5) is 0 Å². The Bertz CT molecular complexity index is 250. The molecule has 1 aliphatic heterocycles. The maximum absolute atomic E-state index is 4.03. The standard InChI is InChI=1S/C8H7N2S/c1-2-7(6-9-3-1)8-10-4-5-11-8/h1-3,5-6,8,10H. The molecule has 0 saturated carbocycles. The molecule has 1 aliphatic rings. The van der Waals surface area contributed by atoms with Gasteiger partial charge >= 0.3 is 0 Å². The third-order valence-corrected chi connectivity index (χ3v) is 2.38. The van der Waals surface area contributed by atoms with Gasteiger partial charge in [0.15, 0.2) is 0 Å². The van der Waals surface area contributed by atoms with E-state index in [9.17, 15) is 0 Å². The minimum Gasteiger partial charge on any atom is -0.367 e. The number of rotatable bonds is 1. The number of hydrogen-bond donors (Lipinski definition) is 1. The molecular weight excluding hydrogens is 156 g/mol. The van der Waals surface area contributed by atoms with Crippen LogP contribution in [0.25, 0.3) is 0 Å². The number of nitrogens with zero attached hydrogens (tertiary/aromatic N) is 1. The van der Waals surface area contributed by atoms with E-state index in [1.165, 1.54) is 5.56 Å². The molecule has 0 saturated heterocycles. The maximum atomic E-state index is 4.03. The molecule has 0 bridgehead atoms. The van der Waals surface area contributed by atoms with Gasteiger partial charge in [0.1, 0.15) is 5.37 Å². The van der Waals surface area contributed by atoms with Gasteiger partial charge < -0.3 is 5.32 Å². The topological polar surface area (TPSA) is 24.9 Å². The van der Waals surface area contributed by atoms with Gasteiger partial charge in [-0.25, -0.2) is 0 Å². The fourth-order valence-corrected chi connectivity index (χ4v) is 1.64. The molecule has 0 fully saturated rings. The van der Waals surface area contributed by atoms with E-state index in [2.05, 4.69) is 22.6 Å². The van der Waals surface area contributed by atoms with Crippen molar-refractivity contribution in [2.75, 3.05) is 0 Å². The highest BCUT2D eigenvalue weighted by molar-refractivity contribution is 8.02. The summed E-state index contributed by atoms with van der Waals surface area (Å²) in [5.41, 5.74) is 1.19. The van der Waals surface area contributed by atoms with Crippen LogP contribution in [0, 0.1) is 6.20 Å². The summed E-state index contributed by atoms with van der Waals surface area (Å²) in [5, 5.41) is 5.33. The van der Waals surface area contributed by atoms with Crippen LogP contribution in [0.3, 0.4) is 0 Å². The molecular formula is C8H7N2S. The van der Waals surface area contributed by atoms with Crippen molar-refractivity contribution < 1.29 is 0 Å². The number of pyridine rings is 1. The Hall–Kier alpha value is -0.960. The molecule has 1 aromatic heterocycles. The fourth-order valence-electron chi connectivity index (χ4n) is 0.939. The van der Waals surface area contributed by atoms with E-state index in [0.717, 1.165) is 0 Å². The summed E-state index contributed by atoms with van der Waals surface area (Å²) in [6, 6.07) is 3.99. The van der Waals surface area contributed by atoms with E-state index in [1.807, 2.05) is 17.7 Å². The molecule has 2 heterocycles. The van der Waals surface area contributed by atoms with Gasteiger partial charge in [-0.05, 0) is 11.5 Å². The Morgan fingerprint density at radius 2 is 2.64 bits per heavy atom. The molecule has 0 aromatic carbocycles. The minimum atomic E-state index is 0.309. The molecule has 1 radical (unpaired) electrons. The van der Waals surface area contributed by atoms with E-state index in [1.54, 1.807) is 18.0 Å². The SMILES string of the molecule is [C]1=CSC(c2cccnc2)N1. The van der Waals surface area contributed by atoms with Crippen LogP contribution >= 0.6 is 11.8 Å². The molecule has 0 aliphatic carbocycles. The van der Waals surface area contributed by atoms with Crippen molar-refractivity contribution in [3.05, 3.63) is 41.7 Å². The van der Waals surface area contributed by atoms with Gasteiger partial charge in [0.25, 0.3) is 0 Å². The highest BCUT2D eigenvalue weighted by Gasteiger charge is 2.11. The lowest BCUT2D eigenvalue weighted by molar-refractivity contribution is 0.836. The van der Waals surface area contributed by atoms with Gasteiger partial charge in [-0.15, -0.1) is 11.8 Å². The van der Waals surface area contributed by atoms with Crippen molar-refractivity contribution in [3.63, 3.8) is 0 Å². The average Bonchev–Trinajstić information content (AvgIpc) is 2.58. The van der Waals surface area contributed by atoms with Crippen LogP contribution in [-0.4, -0.2) is 4.98 Å². The van der Waals surface area contributed by atoms with Crippen molar-refractivity contribution in [1.82, 2.24) is 10.3 Å². The van der Waals surface area contributed by atoms with Gasteiger partial charge in [-0.3, -0.25) is 4.98 Å². The normalized spacial score (nSPS) is 21.6. The van der Waals surface area contributed by atoms with E-state index in [-0.39, 0.29) is 0 Å². The Morgan fingerprint density at radius 1 is 1.64 bits per heavy atom. The van der Waals surface area contributed by atoms with Crippen molar-refractivity contribution >= 4 is 11.8 Å². The second-order valence-corrected chi connectivity index (χ2v) is 3.19. The lowest BCUT2D eigenvalue weighted by Gasteiger charge is -2.08. The summed E-state index contributed by atoms with van der Waals surface area (Å²) in [6.45, 7) is 0. The Labute approximate surface area is 69.7 Å². The molecule has 0 spiro atoms. The van der Waals surface area contributed by atoms with Crippen LogP contribution in [0.15, 0.2) is 29.9 Å². The molecule has 1 unspecified atom stereocenters. The lowest BCUT2D eigenvalue weighted by Crippen LogP contribution is -2.07. The first-order valence-electron chi connectivity index (χ1n) is 3.35. The Kier molecular flexibility index (Phi) is 1.81. The smallest absolute Gasteiger partial charge is 0.104 e. The first-order valence-corrected chi connectivity index (χ1v) is 4.29. The molecule has 1 atom stereocenters. The van der Waals surface area contributed by atoms with Crippen molar-refractivity contribution in [1.29, 1.82) is 0 Å². The second kappa shape index (κ2) is 2.96. The summed E-state index contributed by atoms with van der Waals surface area (Å²) >= 11 is 1.71. The predicted octanol–water partition coefficient (Wildman–Crippen LogP) is 1.69. The van der Waals surface area contributed by atoms with Crippen LogP contribution in [-0.2, 0) is 0 Å². The Morgan fingerprint density at radius 3 is 3.27 bits per heavy atom. The zero-order valence-electron chi connectivity index (χ0n) is 5.82. The minimum absolute atomic E-state index is 0.309. The average molecular weight is 163 g/mol. The van der Waals surface area contributed by atoms with Crippen molar-refractivity contribution in [2.45, 2.75) is 5.37 Å². The highest BCUT2D eigenvalue weighted by Crippen LogP contribution is 2.29. The molecule has 0 amide bonds. The first kappa shape index (κ1) is 6.73. The van der Waals surface area contributed by atoms with E-state index >= 15 is 0 Å². The maximum Gasteiger partial charge on any atom is 0.104 e. The summed E-state index contributed by atoms with van der Waals surface area (Å²) in [4.78, 5) is 4.03. The number of aromatic nitrogens is 1. The zero-order chi connectivity index (χ0) is 7.52. The third kappa shape index (κ3) is 1.38. The molecule has 1 aromatic rings. The molecule has 3 heteroatoms. The lowest BCUT2D eigenvalue weighted by atomic mass is 10.3. The van der Waals surface area contributed by atoms with Crippen molar-refractivity contribution in [2.24, 2.45) is 0 Å². The largest absolute Gasteiger partial charge is 0.367 e. The molecule has 11 heavy (non-hydrogen) atoms. The summed E-state index contributed by atoms with van der Waals surface area (Å²) in [7, 11) is 0. The number of hydrogen-bond acceptors (Lipinski definition) is 3. The summed E-state index contributed by atoms with van der Waals surface area (Å²) in [5.74, 6) is 0. The Balaban J connectivity index is 2.17. The van der Waals surface area contributed by atoms with Crippen LogP contribution in [0.1, 0.15) is 10.9 Å². The monoisotopic (exact) mass is 163 g/mol. The van der Waals surface area contributed by atoms with Gasteiger partial charge in [-0.1, -0.05) is 6.07 Å². The van der Waals surface area contributed by atoms with E-state index in [4.69, 9.17) is 0 Å². The number of nitrogens with one attached hydrogen (secondary N) is 1.